The molecule has 0 aromatic carbocycles. The van der Waals surface area contributed by atoms with Crippen LogP contribution in [0.4, 0.5) is 6.01 Å². The van der Waals surface area contributed by atoms with Crippen LogP contribution in [0.25, 0.3) is 0 Å². The third-order valence-electron chi connectivity index (χ3n) is 2.49. The lowest BCUT2D eigenvalue weighted by Crippen LogP contribution is -2.12. The van der Waals surface area contributed by atoms with E-state index in [1.165, 1.54) is 0 Å². The zero-order valence-electron chi connectivity index (χ0n) is 8.81. The van der Waals surface area contributed by atoms with E-state index in [0.29, 0.717) is 12.6 Å². The number of anilines is 1. The predicted molar refractivity (Wildman–Crippen MR) is 55.5 cm³/mol. The van der Waals surface area contributed by atoms with Crippen LogP contribution in [-0.2, 0) is 4.74 Å². The van der Waals surface area contributed by atoms with Crippen LogP contribution < -0.4 is 5.32 Å². The van der Waals surface area contributed by atoms with Crippen molar-refractivity contribution in [2.24, 2.45) is 0 Å². The molecule has 1 aliphatic heterocycles. The lowest BCUT2D eigenvalue weighted by atomic mass is 10.2. The number of carboxylic acids is 1. The van der Waals surface area contributed by atoms with Gasteiger partial charge in [-0.25, -0.2) is 4.79 Å². The number of aromatic nitrogens is 1. The SMILES string of the molecule is O=C(O)c1coc(NCCC2CCCO2)n1. The smallest absolute Gasteiger partial charge is 0.357 e. The Kier molecular flexibility index (Phi) is 3.40. The Labute approximate surface area is 92.6 Å². The van der Waals surface area contributed by atoms with E-state index in [0.717, 1.165) is 32.1 Å². The maximum atomic E-state index is 10.5. The second kappa shape index (κ2) is 4.98. The van der Waals surface area contributed by atoms with Crippen molar-refractivity contribution in [3.05, 3.63) is 12.0 Å². The highest BCUT2D eigenvalue weighted by Crippen LogP contribution is 2.15. The summed E-state index contributed by atoms with van der Waals surface area (Å²) in [7, 11) is 0. The van der Waals surface area contributed by atoms with Crippen molar-refractivity contribution in [2.45, 2.75) is 25.4 Å². The number of oxazole rings is 1. The van der Waals surface area contributed by atoms with Gasteiger partial charge in [-0.05, 0) is 19.3 Å². The zero-order chi connectivity index (χ0) is 11.4. The number of hydrogen-bond donors (Lipinski definition) is 2. The first-order chi connectivity index (χ1) is 7.75. The Morgan fingerprint density at radius 1 is 1.69 bits per heavy atom. The fourth-order valence-electron chi connectivity index (χ4n) is 1.67. The molecular formula is C10H14N2O4. The third kappa shape index (κ3) is 2.73. The first-order valence-electron chi connectivity index (χ1n) is 5.30. The van der Waals surface area contributed by atoms with Crippen molar-refractivity contribution in [1.82, 2.24) is 4.98 Å². The fourth-order valence-corrected chi connectivity index (χ4v) is 1.67. The van der Waals surface area contributed by atoms with E-state index in [4.69, 9.17) is 14.3 Å². The van der Waals surface area contributed by atoms with Gasteiger partial charge in [0.05, 0.1) is 6.10 Å². The van der Waals surface area contributed by atoms with Crippen LogP contribution in [0.5, 0.6) is 0 Å². The summed E-state index contributed by atoms with van der Waals surface area (Å²) >= 11 is 0. The van der Waals surface area contributed by atoms with Crippen molar-refractivity contribution in [1.29, 1.82) is 0 Å². The van der Waals surface area contributed by atoms with E-state index in [-0.39, 0.29) is 11.7 Å². The number of nitrogens with one attached hydrogen (secondary N) is 1. The van der Waals surface area contributed by atoms with Gasteiger partial charge in [-0.3, -0.25) is 0 Å². The standard InChI is InChI=1S/C10H14N2O4/c13-9(14)8-6-16-10(12-8)11-4-3-7-2-1-5-15-7/h6-7H,1-5H2,(H,11,12)(H,13,14). The Bertz CT molecular complexity index is 357. The molecule has 1 unspecified atom stereocenters. The lowest BCUT2D eigenvalue weighted by Gasteiger charge is -2.08. The molecule has 1 atom stereocenters. The van der Waals surface area contributed by atoms with Gasteiger partial charge in [0.2, 0.25) is 0 Å². The second-order valence-corrected chi connectivity index (χ2v) is 3.69. The van der Waals surface area contributed by atoms with E-state index in [1.54, 1.807) is 0 Å². The minimum Gasteiger partial charge on any atom is -0.476 e. The molecule has 1 aromatic rings. The van der Waals surface area contributed by atoms with Gasteiger partial charge in [-0.2, -0.15) is 4.98 Å². The summed E-state index contributed by atoms with van der Waals surface area (Å²) in [4.78, 5) is 14.3. The zero-order valence-corrected chi connectivity index (χ0v) is 8.81. The monoisotopic (exact) mass is 226 g/mol. The highest BCUT2D eigenvalue weighted by Gasteiger charge is 2.15. The van der Waals surface area contributed by atoms with Crippen LogP contribution in [0.2, 0.25) is 0 Å². The highest BCUT2D eigenvalue weighted by molar-refractivity contribution is 5.85. The molecule has 0 amide bonds. The molecule has 88 valence electrons. The fraction of sp³-hybridized carbons (Fsp3) is 0.600. The Balaban J connectivity index is 1.74. The van der Waals surface area contributed by atoms with E-state index in [1.807, 2.05) is 0 Å². The Hall–Kier alpha value is -1.56. The van der Waals surface area contributed by atoms with Crippen LogP contribution in [-0.4, -0.2) is 35.3 Å². The number of hydrogen-bond acceptors (Lipinski definition) is 5. The first kappa shape index (κ1) is 10.9. The van der Waals surface area contributed by atoms with Gasteiger partial charge in [0.15, 0.2) is 5.69 Å². The molecule has 16 heavy (non-hydrogen) atoms. The summed E-state index contributed by atoms with van der Waals surface area (Å²) in [6.07, 6.45) is 4.52. The Morgan fingerprint density at radius 2 is 2.56 bits per heavy atom. The molecule has 0 aliphatic carbocycles. The largest absolute Gasteiger partial charge is 0.476 e. The maximum absolute atomic E-state index is 10.5. The van der Waals surface area contributed by atoms with Crippen molar-refractivity contribution in [3.63, 3.8) is 0 Å². The minimum absolute atomic E-state index is 0.0837. The molecular weight excluding hydrogens is 212 g/mol. The number of nitrogens with zero attached hydrogens (tertiary/aromatic N) is 1. The summed E-state index contributed by atoms with van der Waals surface area (Å²) in [5.74, 6) is -1.09. The van der Waals surface area contributed by atoms with E-state index in [2.05, 4.69) is 10.3 Å². The predicted octanol–water partition coefficient (Wildman–Crippen LogP) is 1.35. The average molecular weight is 226 g/mol. The Morgan fingerprint density at radius 3 is 3.19 bits per heavy atom. The molecule has 1 aromatic heterocycles. The lowest BCUT2D eigenvalue weighted by molar-refractivity contribution is 0.0690. The number of carboxylic acid groups (broad SMARTS) is 1. The normalized spacial score (nSPS) is 19.9. The van der Waals surface area contributed by atoms with Crippen molar-refractivity contribution in [3.8, 4) is 0 Å². The molecule has 1 fully saturated rings. The molecule has 1 aliphatic rings. The van der Waals surface area contributed by atoms with Gasteiger partial charge < -0.3 is 19.6 Å². The van der Waals surface area contributed by atoms with Gasteiger partial charge in [0.25, 0.3) is 6.01 Å². The van der Waals surface area contributed by atoms with Crippen LogP contribution in [0.1, 0.15) is 29.8 Å². The van der Waals surface area contributed by atoms with Gasteiger partial charge in [0, 0.05) is 13.2 Å². The molecule has 2 N–H and O–H groups in total. The average Bonchev–Trinajstić information content (AvgIpc) is 2.87. The molecule has 1 saturated heterocycles. The topological polar surface area (TPSA) is 84.6 Å². The van der Waals surface area contributed by atoms with Crippen LogP contribution >= 0.6 is 0 Å². The van der Waals surface area contributed by atoms with Gasteiger partial charge >= 0.3 is 5.97 Å². The molecule has 0 saturated carbocycles. The second-order valence-electron chi connectivity index (χ2n) is 3.69. The molecule has 2 heterocycles. The van der Waals surface area contributed by atoms with Gasteiger partial charge in [0.1, 0.15) is 6.26 Å². The van der Waals surface area contributed by atoms with Crippen LogP contribution in [0.3, 0.4) is 0 Å². The number of rotatable bonds is 5. The summed E-state index contributed by atoms with van der Waals surface area (Å²) in [5.41, 5.74) is -0.0837. The number of aromatic carboxylic acids is 1. The van der Waals surface area contributed by atoms with Crippen molar-refractivity contribution < 1.29 is 19.1 Å². The summed E-state index contributed by atoms with van der Waals surface area (Å²) in [6, 6.07) is 0.246. The minimum atomic E-state index is -1.09. The summed E-state index contributed by atoms with van der Waals surface area (Å²) in [5, 5.41) is 11.6. The molecule has 2 rings (SSSR count). The van der Waals surface area contributed by atoms with E-state index in [9.17, 15) is 4.79 Å². The van der Waals surface area contributed by atoms with Gasteiger partial charge in [-0.15, -0.1) is 0 Å². The van der Waals surface area contributed by atoms with Crippen molar-refractivity contribution in [2.75, 3.05) is 18.5 Å². The molecule has 0 radical (unpaired) electrons. The molecule has 6 nitrogen and oxygen atoms in total. The number of carbonyl (C=O) groups is 1. The van der Waals surface area contributed by atoms with Crippen LogP contribution in [0.15, 0.2) is 10.7 Å². The third-order valence-corrected chi connectivity index (χ3v) is 2.49. The first-order valence-corrected chi connectivity index (χ1v) is 5.30. The maximum Gasteiger partial charge on any atom is 0.357 e. The number of ether oxygens (including phenoxy) is 1. The molecule has 0 spiro atoms. The van der Waals surface area contributed by atoms with E-state index >= 15 is 0 Å². The van der Waals surface area contributed by atoms with Gasteiger partial charge in [-0.1, -0.05) is 0 Å². The summed E-state index contributed by atoms with van der Waals surface area (Å²) < 4.78 is 10.4. The molecule has 6 heteroatoms. The van der Waals surface area contributed by atoms with E-state index < -0.39 is 5.97 Å². The summed E-state index contributed by atoms with van der Waals surface area (Å²) in [6.45, 7) is 1.51. The highest BCUT2D eigenvalue weighted by atomic mass is 16.5. The quantitative estimate of drug-likeness (QED) is 0.788. The van der Waals surface area contributed by atoms with Crippen LogP contribution in [0, 0.1) is 0 Å². The molecule has 0 bridgehead atoms. The van der Waals surface area contributed by atoms with Crippen molar-refractivity contribution >= 4 is 12.0 Å².